The molecule has 1 saturated heterocycles. The van der Waals surface area contributed by atoms with E-state index < -0.39 is 0 Å². The van der Waals surface area contributed by atoms with Gasteiger partial charge in [-0.2, -0.15) is 0 Å². The van der Waals surface area contributed by atoms with Gasteiger partial charge in [-0.25, -0.2) is 4.79 Å². The van der Waals surface area contributed by atoms with E-state index in [9.17, 15) is 4.79 Å². The third kappa shape index (κ3) is 3.91. The second-order valence-electron chi connectivity index (χ2n) is 5.88. The maximum Gasteiger partial charge on any atom is 0.317 e. The van der Waals surface area contributed by atoms with Gasteiger partial charge in [0.2, 0.25) is 0 Å². The van der Waals surface area contributed by atoms with Gasteiger partial charge in [0.25, 0.3) is 0 Å². The van der Waals surface area contributed by atoms with Crippen LogP contribution in [0.15, 0.2) is 36.7 Å². The van der Waals surface area contributed by atoms with Crippen LogP contribution in [0.3, 0.4) is 0 Å². The van der Waals surface area contributed by atoms with Crippen LogP contribution in [0.25, 0.3) is 5.69 Å². The van der Waals surface area contributed by atoms with E-state index in [0.717, 1.165) is 31.9 Å². The van der Waals surface area contributed by atoms with Crippen molar-refractivity contribution < 1.29 is 9.53 Å². The number of hydrogen-bond donors (Lipinski definition) is 1. The van der Waals surface area contributed by atoms with Crippen molar-refractivity contribution in [2.75, 3.05) is 26.3 Å². The summed E-state index contributed by atoms with van der Waals surface area (Å²) in [6.45, 7) is 5.27. The molecule has 1 N–H and O–H groups in total. The van der Waals surface area contributed by atoms with Crippen LogP contribution >= 0.6 is 0 Å². The quantitative estimate of drug-likeness (QED) is 0.878. The van der Waals surface area contributed by atoms with Crippen molar-refractivity contribution >= 4 is 6.03 Å². The van der Waals surface area contributed by atoms with E-state index in [-0.39, 0.29) is 6.03 Å². The molecule has 128 valence electrons. The standard InChI is InChI=1S/C17H23N5O2/c1-2-21(11-14-8-9-24-12-14)17(23)18-10-16-20-19-13-22(16)15-6-4-3-5-7-15/h3-7,13-14H,2,8-12H2,1H3,(H,18,23). The van der Waals surface area contributed by atoms with Gasteiger partial charge in [-0.05, 0) is 25.5 Å². The fourth-order valence-electron chi connectivity index (χ4n) is 2.84. The van der Waals surface area contributed by atoms with Gasteiger partial charge in [0.05, 0.1) is 13.2 Å². The maximum absolute atomic E-state index is 12.4. The Balaban J connectivity index is 1.59. The van der Waals surface area contributed by atoms with E-state index in [1.807, 2.05) is 46.7 Å². The van der Waals surface area contributed by atoms with Crippen LogP contribution in [0, 0.1) is 5.92 Å². The summed E-state index contributed by atoms with van der Waals surface area (Å²) in [5.74, 6) is 1.14. The number of carbonyl (C=O) groups excluding carboxylic acids is 1. The fraction of sp³-hybridized carbons (Fsp3) is 0.471. The van der Waals surface area contributed by atoms with E-state index >= 15 is 0 Å². The zero-order chi connectivity index (χ0) is 16.8. The molecule has 1 atom stereocenters. The first-order chi connectivity index (χ1) is 11.8. The number of urea groups is 1. The molecular formula is C17H23N5O2. The summed E-state index contributed by atoms with van der Waals surface area (Å²) in [6, 6.07) is 9.76. The summed E-state index contributed by atoms with van der Waals surface area (Å²) in [7, 11) is 0. The zero-order valence-corrected chi connectivity index (χ0v) is 13.9. The number of ether oxygens (including phenoxy) is 1. The number of carbonyl (C=O) groups is 1. The number of nitrogens with zero attached hydrogens (tertiary/aromatic N) is 4. The molecular weight excluding hydrogens is 306 g/mol. The van der Waals surface area contributed by atoms with Crippen molar-refractivity contribution in [3.63, 3.8) is 0 Å². The molecule has 0 bridgehead atoms. The Morgan fingerprint density at radius 2 is 2.25 bits per heavy atom. The lowest BCUT2D eigenvalue weighted by Gasteiger charge is -2.24. The topological polar surface area (TPSA) is 72.3 Å². The summed E-state index contributed by atoms with van der Waals surface area (Å²) >= 11 is 0. The summed E-state index contributed by atoms with van der Waals surface area (Å²) < 4.78 is 7.26. The average molecular weight is 329 g/mol. The number of rotatable bonds is 6. The lowest BCUT2D eigenvalue weighted by atomic mass is 10.1. The molecule has 3 rings (SSSR count). The van der Waals surface area contributed by atoms with E-state index in [2.05, 4.69) is 15.5 Å². The van der Waals surface area contributed by atoms with Gasteiger partial charge >= 0.3 is 6.03 Å². The minimum atomic E-state index is -0.0768. The fourth-order valence-corrected chi connectivity index (χ4v) is 2.84. The smallest absolute Gasteiger partial charge is 0.317 e. The van der Waals surface area contributed by atoms with Gasteiger partial charge in [0.1, 0.15) is 6.33 Å². The highest BCUT2D eigenvalue weighted by Gasteiger charge is 2.21. The van der Waals surface area contributed by atoms with E-state index in [1.165, 1.54) is 0 Å². The molecule has 1 aromatic heterocycles. The molecule has 2 heterocycles. The van der Waals surface area contributed by atoms with Crippen LogP contribution in [-0.4, -0.2) is 52.0 Å². The second-order valence-corrected chi connectivity index (χ2v) is 5.88. The third-order valence-electron chi connectivity index (χ3n) is 4.22. The highest BCUT2D eigenvalue weighted by molar-refractivity contribution is 5.74. The zero-order valence-electron chi connectivity index (χ0n) is 13.9. The van der Waals surface area contributed by atoms with Crippen molar-refractivity contribution in [2.24, 2.45) is 5.92 Å². The SMILES string of the molecule is CCN(CC1CCOC1)C(=O)NCc1nncn1-c1ccccc1. The van der Waals surface area contributed by atoms with Gasteiger partial charge in [0, 0.05) is 31.3 Å². The molecule has 1 aliphatic rings. The van der Waals surface area contributed by atoms with Gasteiger partial charge in [-0.3, -0.25) is 4.57 Å². The molecule has 2 aromatic rings. The molecule has 0 aliphatic carbocycles. The van der Waals surface area contributed by atoms with Crippen molar-refractivity contribution in [3.05, 3.63) is 42.5 Å². The van der Waals surface area contributed by atoms with Crippen molar-refractivity contribution in [2.45, 2.75) is 19.9 Å². The number of para-hydroxylation sites is 1. The second kappa shape index (κ2) is 7.92. The predicted octanol–water partition coefficient (Wildman–Crippen LogP) is 1.84. The van der Waals surface area contributed by atoms with E-state index in [1.54, 1.807) is 6.33 Å². The van der Waals surface area contributed by atoms with Crippen LogP contribution in [0.4, 0.5) is 4.79 Å². The molecule has 2 amide bonds. The Morgan fingerprint density at radius 3 is 2.96 bits per heavy atom. The predicted molar refractivity (Wildman–Crippen MR) is 89.8 cm³/mol. The van der Waals surface area contributed by atoms with Crippen LogP contribution in [0.2, 0.25) is 0 Å². The van der Waals surface area contributed by atoms with E-state index in [0.29, 0.717) is 24.8 Å². The number of benzene rings is 1. The molecule has 1 aliphatic heterocycles. The molecule has 1 fully saturated rings. The van der Waals surface area contributed by atoms with Gasteiger partial charge in [0.15, 0.2) is 5.82 Å². The summed E-state index contributed by atoms with van der Waals surface area (Å²) in [4.78, 5) is 14.2. The highest BCUT2D eigenvalue weighted by atomic mass is 16.5. The minimum Gasteiger partial charge on any atom is -0.381 e. The highest BCUT2D eigenvalue weighted by Crippen LogP contribution is 2.14. The molecule has 0 spiro atoms. The number of hydrogen-bond acceptors (Lipinski definition) is 4. The van der Waals surface area contributed by atoms with Gasteiger partial charge in [-0.1, -0.05) is 18.2 Å². The normalized spacial score (nSPS) is 17.0. The van der Waals surface area contributed by atoms with Crippen molar-refractivity contribution in [1.82, 2.24) is 25.0 Å². The molecule has 0 saturated carbocycles. The minimum absolute atomic E-state index is 0.0768. The first kappa shape index (κ1) is 16.4. The third-order valence-corrected chi connectivity index (χ3v) is 4.22. The molecule has 1 unspecified atom stereocenters. The Morgan fingerprint density at radius 1 is 1.42 bits per heavy atom. The van der Waals surface area contributed by atoms with Crippen LogP contribution in [0.5, 0.6) is 0 Å². The van der Waals surface area contributed by atoms with Crippen LogP contribution in [-0.2, 0) is 11.3 Å². The number of aromatic nitrogens is 3. The summed E-state index contributed by atoms with van der Waals surface area (Å²) in [5.41, 5.74) is 0.974. The summed E-state index contributed by atoms with van der Waals surface area (Å²) in [5, 5.41) is 11.0. The molecule has 1 aromatic carbocycles. The maximum atomic E-state index is 12.4. The van der Waals surface area contributed by atoms with E-state index in [4.69, 9.17) is 4.74 Å². The summed E-state index contributed by atoms with van der Waals surface area (Å²) in [6.07, 6.45) is 2.68. The van der Waals surface area contributed by atoms with Crippen LogP contribution < -0.4 is 5.32 Å². The van der Waals surface area contributed by atoms with Crippen LogP contribution in [0.1, 0.15) is 19.2 Å². The molecule has 24 heavy (non-hydrogen) atoms. The molecule has 0 radical (unpaired) electrons. The van der Waals surface area contributed by atoms with Crippen molar-refractivity contribution in [3.8, 4) is 5.69 Å². The molecule has 7 heteroatoms. The Labute approximate surface area is 141 Å². The number of amides is 2. The first-order valence-electron chi connectivity index (χ1n) is 8.32. The first-order valence-corrected chi connectivity index (χ1v) is 8.32. The van der Waals surface area contributed by atoms with Crippen molar-refractivity contribution in [1.29, 1.82) is 0 Å². The largest absolute Gasteiger partial charge is 0.381 e. The molecule has 7 nitrogen and oxygen atoms in total. The van der Waals surface area contributed by atoms with Gasteiger partial charge < -0.3 is 15.0 Å². The van der Waals surface area contributed by atoms with Gasteiger partial charge in [-0.15, -0.1) is 10.2 Å². The lowest BCUT2D eigenvalue weighted by Crippen LogP contribution is -2.42. The number of nitrogens with one attached hydrogen (secondary N) is 1. The monoisotopic (exact) mass is 329 g/mol. The lowest BCUT2D eigenvalue weighted by molar-refractivity contribution is 0.166. The Kier molecular flexibility index (Phi) is 5.43. The Bertz CT molecular complexity index is 652. The Hall–Kier alpha value is -2.41. The average Bonchev–Trinajstić information content (AvgIpc) is 3.30.